The summed E-state index contributed by atoms with van der Waals surface area (Å²) in [6.07, 6.45) is 0. The van der Waals surface area contributed by atoms with Gasteiger partial charge in [0.25, 0.3) is 5.56 Å². The van der Waals surface area contributed by atoms with E-state index in [1.165, 1.54) is 16.4 Å². The highest BCUT2D eigenvalue weighted by Gasteiger charge is 2.16. The topological polar surface area (TPSA) is 87.7 Å². The average Bonchev–Trinajstić information content (AvgIpc) is 3.26. The molecule has 3 aromatic carbocycles. The highest BCUT2D eigenvalue weighted by atomic mass is 32.2. The van der Waals surface area contributed by atoms with Gasteiger partial charge < -0.3 is 4.74 Å². The van der Waals surface area contributed by atoms with E-state index >= 15 is 0 Å². The number of aryl methyl sites for hydroxylation is 1. The number of fused-ring (bicyclic) bond motifs is 1. The lowest BCUT2D eigenvalue weighted by Gasteiger charge is -2.12. The molecule has 9 heteroatoms. The monoisotopic (exact) mass is 456 g/mol. The molecule has 0 aliphatic heterocycles. The van der Waals surface area contributed by atoms with Crippen LogP contribution in [0.1, 0.15) is 11.4 Å². The number of aromatic nitrogens is 6. The first-order chi connectivity index (χ1) is 16.2. The Hall–Kier alpha value is -3.98. The molecule has 0 amide bonds. The predicted octanol–water partition coefficient (Wildman–Crippen LogP) is 4.01. The van der Waals surface area contributed by atoms with Crippen LogP contribution in [0.25, 0.3) is 16.6 Å². The van der Waals surface area contributed by atoms with Crippen LogP contribution in [0.2, 0.25) is 0 Å². The van der Waals surface area contributed by atoms with Crippen molar-refractivity contribution in [3.63, 3.8) is 0 Å². The third-order valence-corrected chi connectivity index (χ3v) is 6.01. The molecule has 0 fully saturated rings. The zero-order chi connectivity index (χ0) is 22.6. The van der Waals surface area contributed by atoms with Crippen molar-refractivity contribution in [1.29, 1.82) is 0 Å². The second kappa shape index (κ2) is 9.25. The first-order valence-electron chi connectivity index (χ1n) is 10.3. The molecule has 0 radical (unpaired) electrons. The Labute approximate surface area is 193 Å². The summed E-state index contributed by atoms with van der Waals surface area (Å²) in [5.74, 6) is 1.71. The Morgan fingerprint density at radius 2 is 1.64 bits per heavy atom. The van der Waals surface area contributed by atoms with Gasteiger partial charge in [-0.25, -0.2) is 0 Å². The van der Waals surface area contributed by atoms with Gasteiger partial charge in [0.05, 0.1) is 11.3 Å². The molecule has 8 nitrogen and oxygen atoms in total. The fraction of sp³-hybridized carbons (Fsp3) is 0.125. The maximum Gasteiger partial charge on any atom is 0.278 e. The van der Waals surface area contributed by atoms with Crippen molar-refractivity contribution in [2.75, 3.05) is 0 Å². The third-order valence-electron chi connectivity index (χ3n) is 5.11. The van der Waals surface area contributed by atoms with Crippen LogP contribution in [0, 0.1) is 6.92 Å². The van der Waals surface area contributed by atoms with Gasteiger partial charge in [0, 0.05) is 5.69 Å². The van der Waals surface area contributed by atoms with E-state index in [2.05, 4.69) is 20.5 Å². The number of nitrogens with zero attached hydrogens (tertiary/aromatic N) is 6. The number of ether oxygens (including phenoxy) is 1. The smallest absolute Gasteiger partial charge is 0.278 e. The molecule has 164 valence electrons. The van der Waals surface area contributed by atoms with Crippen LogP contribution in [0.15, 0.2) is 88.8 Å². The van der Waals surface area contributed by atoms with Crippen molar-refractivity contribution in [2.45, 2.75) is 24.6 Å². The summed E-state index contributed by atoms with van der Waals surface area (Å²) in [5, 5.41) is 18.1. The minimum atomic E-state index is -0.193. The fourth-order valence-corrected chi connectivity index (χ4v) is 4.26. The van der Waals surface area contributed by atoms with Crippen LogP contribution in [0.3, 0.4) is 0 Å². The van der Waals surface area contributed by atoms with Crippen molar-refractivity contribution in [1.82, 2.24) is 29.8 Å². The average molecular weight is 457 g/mol. The summed E-state index contributed by atoms with van der Waals surface area (Å²) in [6, 6.07) is 24.8. The van der Waals surface area contributed by atoms with Gasteiger partial charge in [-0.15, -0.1) is 15.3 Å². The van der Waals surface area contributed by atoms with Gasteiger partial charge in [0.15, 0.2) is 11.0 Å². The second-order valence-corrected chi connectivity index (χ2v) is 8.22. The maximum atomic E-state index is 12.8. The summed E-state index contributed by atoms with van der Waals surface area (Å²) in [7, 11) is 0. The lowest BCUT2D eigenvalue weighted by atomic mass is 10.2. The van der Waals surface area contributed by atoms with Gasteiger partial charge in [-0.1, -0.05) is 65.5 Å². The number of rotatable bonds is 7. The number of thioether (sulfide) groups is 1. The van der Waals surface area contributed by atoms with E-state index in [-0.39, 0.29) is 18.0 Å². The Balaban J connectivity index is 1.43. The molecular formula is C24H20N6O2S. The quantitative estimate of drug-likeness (QED) is 0.342. The molecule has 0 saturated carbocycles. The normalized spacial score (nSPS) is 11.1. The minimum absolute atomic E-state index is 0.193. The summed E-state index contributed by atoms with van der Waals surface area (Å²) in [4.78, 5) is 12.8. The Morgan fingerprint density at radius 3 is 2.48 bits per heavy atom. The molecule has 0 unspecified atom stereocenters. The maximum absolute atomic E-state index is 12.8. The Morgan fingerprint density at radius 1 is 0.879 bits per heavy atom. The molecule has 2 aromatic heterocycles. The standard InChI is InChI=1S/C24H20N6O2S/c1-17-9-5-8-14-21(17)32-15-22-26-27-24(30(22)18-10-3-2-4-11-18)33-16-29-23(31)19-12-6-7-13-20(19)25-28-29/h2-14H,15-16H2,1H3. The van der Waals surface area contributed by atoms with Gasteiger partial charge in [-0.05, 0) is 42.8 Å². The van der Waals surface area contributed by atoms with Crippen LogP contribution in [0.5, 0.6) is 5.75 Å². The first-order valence-corrected chi connectivity index (χ1v) is 11.3. The van der Waals surface area contributed by atoms with Crippen LogP contribution in [-0.2, 0) is 12.5 Å². The predicted molar refractivity (Wildman–Crippen MR) is 127 cm³/mol. The van der Waals surface area contributed by atoms with Crippen LogP contribution < -0.4 is 10.3 Å². The first kappa shape index (κ1) is 20.9. The van der Waals surface area contributed by atoms with Crippen molar-refractivity contribution < 1.29 is 4.74 Å². The van der Waals surface area contributed by atoms with E-state index in [0.29, 0.717) is 21.9 Å². The summed E-state index contributed by atoms with van der Waals surface area (Å²) >= 11 is 1.36. The molecule has 5 rings (SSSR count). The molecule has 0 aliphatic carbocycles. The van der Waals surface area contributed by atoms with E-state index in [0.717, 1.165) is 17.0 Å². The van der Waals surface area contributed by atoms with Crippen LogP contribution in [-0.4, -0.2) is 29.8 Å². The largest absolute Gasteiger partial charge is 0.485 e. The lowest BCUT2D eigenvalue weighted by Crippen LogP contribution is -2.23. The molecule has 0 aliphatic rings. The zero-order valence-electron chi connectivity index (χ0n) is 17.8. The lowest BCUT2D eigenvalue weighted by molar-refractivity contribution is 0.291. The molecule has 0 N–H and O–H groups in total. The Kier molecular flexibility index (Phi) is 5.86. The van der Waals surface area contributed by atoms with E-state index in [4.69, 9.17) is 4.74 Å². The zero-order valence-corrected chi connectivity index (χ0v) is 18.6. The van der Waals surface area contributed by atoms with E-state index in [1.807, 2.05) is 78.2 Å². The van der Waals surface area contributed by atoms with Gasteiger partial charge >= 0.3 is 0 Å². The number of benzene rings is 3. The van der Waals surface area contributed by atoms with Crippen LogP contribution in [0.4, 0.5) is 0 Å². The summed E-state index contributed by atoms with van der Waals surface area (Å²) in [5.41, 5.74) is 2.34. The summed E-state index contributed by atoms with van der Waals surface area (Å²) in [6.45, 7) is 2.25. The number of hydrogen-bond acceptors (Lipinski definition) is 7. The molecule has 0 saturated heterocycles. The molecule has 0 atom stereocenters. The van der Waals surface area contributed by atoms with Gasteiger partial charge in [0.2, 0.25) is 0 Å². The molecular weight excluding hydrogens is 436 g/mol. The molecule has 33 heavy (non-hydrogen) atoms. The van der Waals surface area contributed by atoms with Crippen LogP contribution >= 0.6 is 11.8 Å². The number of para-hydroxylation sites is 2. The number of hydrogen-bond donors (Lipinski definition) is 0. The fourth-order valence-electron chi connectivity index (χ4n) is 3.41. The molecule has 5 aromatic rings. The van der Waals surface area contributed by atoms with E-state index in [1.54, 1.807) is 12.1 Å². The molecule has 2 heterocycles. The van der Waals surface area contributed by atoms with Gasteiger partial charge in [-0.2, -0.15) is 4.68 Å². The van der Waals surface area contributed by atoms with Crippen molar-refractivity contribution in [3.8, 4) is 11.4 Å². The van der Waals surface area contributed by atoms with Gasteiger partial charge in [-0.3, -0.25) is 9.36 Å². The van der Waals surface area contributed by atoms with Crippen molar-refractivity contribution in [2.24, 2.45) is 0 Å². The molecule has 0 bridgehead atoms. The minimum Gasteiger partial charge on any atom is -0.485 e. The second-order valence-electron chi connectivity index (χ2n) is 7.31. The summed E-state index contributed by atoms with van der Waals surface area (Å²) < 4.78 is 9.29. The molecule has 0 spiro atoms. The highest BCUT2D eigenvalue weighted by Crippen LogP contribution is 2.24. The Bertz CT molecular complexity index is 1470. The van der Waals surface area contributed by atoms with E-state index < -0.39 is 0 Å². The van der Waals surface area contributed by atoms with Crippen molar-refractivity contribution in [3.05, 3.63) is 101 Å². The van der Waals surface area contributed by atoms with Gasteiger partial charge in [0.1, 0.15) is 17.9 Å². The SMILES string of the molecule is Cc1ccccc1OCc1nnc(SCn2nnc3ccccc3c2=O)n1-c1ccccc1. The van der Waals surface area contributed by atoms with E-state index in [9.17, 15) is 4.79 Å². The highest BCUT2D eigenvalue weighted by molar-refractivity contribution is 7.98. The van der Waals surface area contributed by atoms with Crippen molar-refractivity contribution >= 4 is 22.7 Å². The third kappa shape index (κ3) is 4.35.